The number of aromatic nitrogens is 3. The molecule has 1 aliphatic heterocycles. The van der Waals surface area contributed by atoms with E-state index in [0.29, 0.717) is 12.0 Å². The van der Waals surface area contributed by atoms with E-state index in [0.717, 1.165) is 12.2 Å². The van der Waals surface area contributed by atoms with Gasteiger partial charge >= 0.3 is 0 Å². The van der Waals surface area contributed by atoms with Crippen LogP contribution in [0.5, 0.6) is 0 Å². The zero-order chi connectivity index (χ0) is 15.0. The molecule has 2 heterocycles. The van der Waals surface area contributed by atoms with E-state index < -0.39 is 0 Å². The Labute approximate surface area is 125 Å². The Balaban J connectivity index is 1.96. The Bertz CT molecular complexity index is 647. The van der Waals surface area contributed by atoms with Crippen LogP contribution in [-0.4, -0.2) is 26.8 Å². The number of nitrogens with zero attached hydrogens (tertiary/aromatic N) is 4. The summed E-state index contributed by atoms with van der Waals surface area (Å²) in [6.45, 7) is 8.49. The smallest absolute Gasteiger partial charge is 0.252 e. The van der Waals surface area contributed by atoms with Crippen LogP contribution in [0.15, 0.2) is 30.5 Å². The number of benzene rings is 1. The lowest BCUT2D eigenvalue weighted by molar-refractivity contribution is 0.627. The summed E-state index contributed by atoms with van der Waals surface area (Å²) < 4.78 is 0. The lowest BCUT2D eigenvalue weighted by Crippen LogP contribution is -2.29. The zero-order valence-electron chi connectivity index (χ0n) is 13.0. The Morgan fingerprint density at radius 1 is 1.24 bits per heavy atom. The third kappa shape index (κ3) is 2.82. The van der Waals surface area contributed by atoms with Crippen molar-refractivity contribution in [2.24, 2.45) is 0 Å². The summed E-state index contributed by atoms with van der Waals surface area (Å²) in [7, 11) is 0. The van der Waals surface area contributed by atoms with Crippen molar-refractivity contribution in [2.45, 2.75) is 45.7 Å². The molecule has 0 bridgehead atoms. The van der Waals surface area contributed by atoms with E-state index in [1.165, 1.54) is 11.3 Å². The molecule has 0 aliphatic carbocycles. The first-order valence-corrected chi connectivity index (χ1v) is 7.29. The number of hydrogen-bond acceptors (Lipinski definition) is 5. The van der Waals surface area contributed by atoms with Crippen LogP contribution in [0.4, 0.5) is 17.5 Å². The molecular formula is C16H21N5. The van der Waals surface area contributed by atoms with E-state index in [9.17, 15) is 0 Å². The second kappa shape index (κ2) is 4.98. The van der Waals surface area contributed by atoms with Crippen molar-refractivity contribution >= 4 is 17.5 Å². The number of rotatable bonds is 2. The van der Waals surface area contributed by atoms with Crippen molar-refractivity contribution in [3.63, 3.8) is 0 Å². The topological polar surface area (TPSA) is 53.9 Å². The Morgan fingerprint density at radius 3 is 2.76 bits per heavy atom. The molecule has 1 atom stereocenters. The first kappa shape index (κ1) is 13.8. The molecule has 1 aliphatic rings. The average Bonchev–Trinajstić information content (AvgIpc) is 2.72. The van der Waals surface area contributed by atoms with Crippen LogP contribution < -0.4 is 10.2 Å². The number of fused-ring (bicyclic) bond motifs is 1. The van der Waals surface area contributed by atoms with Gasteiger partial charge < -0.3 is 10.2 Å². The molecule has 0 saturated heterocycles. The summed E-state index contributed by atoms with van der Waals surface area (Å²) in [5.74, 6) is 1.41. The molecule has 0 saturated carbocycles. The zero-order valence-corrected chi connectivity index (χ0v) is 13.0. The van der Waals surface area contributed by atoms with Crippen molar-refractivity contribution in [3.8, 4) is 0 Å². The molecule has 110 valence electrons. The standard InChI is InChI=1S/C16H21N5/c1-11-9-12-7-5-6-8-13(12)21(11)15-18-14(10-17-20-15)19-16(2,3)4/h5-8,10-11H,9H2,1-4H3,(H,18,19,20). The lowest BCUT2D eigenvalue weighted by atomic mass is 10.1. The maximum atomic E-state index is 4.63. The molecule has 0 amide bonds. The van der Waals surface area contributed by atoms with E-state index in [4.69, 9.17) is 0 Å². The fourth-order valence-corrected chi connectivity index (χ4v) is 2.71. The highest BCUT2D eigenvalue weighted by Crippen LogP contribution is 2.36. The van der Waals surface area contributed by atoms with Crippen LogP contribution in [0.3, 0.4) is 0 Å². The summed E-state index contributed by atoms with van der Waals surface area (Å²) in [5, 5.41) is 11.7. The van der Waals surface area contributed by atoms with Crippen LogP contribution in [0.25, 0.3) is 0 Å². The first-order chi connectivity index (χ1) is 9.94. The summed E-state index contributed by atoms with van der Waals surface area (Å²) in [6.07, 6.45) is 2.68. The van der Waals surface area contributed by atoms with E-state index in [1.807, 2.05) is 0 Å². The van der Waals surface area contributed by atoms with E-state index >= 15 is 0 Å². The molecule has 3 rings (SSSR count). The van der Waals surface area contributed by atoms with Gasteiger partial charge in [0.1, 0.15) is 0 Å². The van der Waals surface area contributed by atoms with Crippen LogP contribution in [0, 0.1) is 0 Å². The summed E-state index contributed by atoms with van der Waals surface area (Å²) >= 11 is 0. The van der Waals surface area contributed by atoms with Crippen LogP contribution in [-0.2, 0) is 6.42 Å². The van der Waals surface area contributed by atoms with E-state index in [1.54, 1.807) is 6.20 Å². The fourth-order valence-electron chi connectivity index (χ4n) is 2.71. The van der Waals surface area contributed by atoms with Crippen LogP contribution in [0.2, 0.25) is 0 Å². The van der Waals surface area contributed by atoms with Gasteiger partial charge in [-0.1, -0.05) is 18.2 Å². The number of hydrogen-bond donors (Lipinski definition) is 1. The second-order valence-electron chi connectivity index (χ2n) is 6.57. The van der Waals surface area contributed by atoms with Crippen molar-refractivity contribution in [2.75, 3.05) is 10.2 Å². The number of nitrogens with one attached hydrogen (secondary N) is 1. The maximum Gasteiger partial charge on any atom is 0.252 e. The van der Waals surface area contributed by atoms with E-state index in [-0.39, 0.29) is 5.54 Å². The lowest BCUT2D eigenvalue weighted by Gasteiger charge is -2.24. The largest absolute Gasteiger partial charge is 0.364 e. The molecule has 1 aromatic carbocycles. The monoisotopic (exact) mass is 283 g/mol. The number of para-hydroxylation sites is 1. The van der Waals surface area contributed by atoms with Crippen molar-refractivity contribution in [1.82, 2.24) is 15.2 Å². The third-order valence-electron chi connectivity index (χ3n) is 3.47. The Kier molecular flexibility index (Phi) is 3.27. The molecule has 1 unspecified atom stereocenters. The van der Waals surface area contributed by atoms with Gasteiger partial charge in [-0.25, -0.2) is 0 Å². The van der Waals surface area contributed by atoms with Gasteiger partial charge in [-0.3, -0.25) is 0 Å². The summed E-state index contributed by atoms with van der Waals surface area (Å²) in [6, 6.07) is 8.75. The van der Waals surface area contributed by atoms with Gasteiger partial charge in [-0.2, -0.15) is 10.1 Å². The minimum Gasteiger partial charge on any atom is -0.364 e. The Morgan fingerprint density at radius 2 is 2.00 bits per heavy atom. The molecule has 21 heavy (non-hydrogen) atoms. The molecule has 1 aromatic heterocycles. The summed E-state index contributed by atoms with van der Waals surface area (Å²) in [4.78, 5) is 6.79. The van der Waals surface area contributed by atoms with Gasteiger partial charge in [-0.15, -0.1) is 5.10 Å². The molecule has 5 nitrogen and oxygen atoms in total. The van der Waals surface area contributed by atoms with Crippen LogP contribution >= 0.6 is 0 Å². The van der Waals surface area contributed by atoms with Crippen molar-refractivity contribution < 1.29 is 0 Å². The highest BCUT2D eigenvalue weighted by atomic mass is 15.4. The molecule has 1 N–H and O–H groups in total. The predicted molar refractivity (Wildman–Crippen MR) is 84.9 cm³/mol. The molecule has 2 aromatic rings. The predicted octanol–water partition coefficient (Wildman–Crippen LogP) is 3.16. The van der Waals surface area contributed by atoms with Gasteiger partial charge in [0.2, 0.25) is 0 Å². The maximum absolute atomic E-state index is 4.63. The average molecular weight is 283 g/mol. The van der Waals surface area contributed by atoms with E-state index in [2.05, 4.69) is 77.4 Å². The molecule has 0 fully saturated rings. The number of anilines is 3. The highest BCUT2D eigenvalue weighted by Gasteiger charge is 2.29. The molecular weight excluding hydrogens is 262 g/mol. The minimum atomic E-state index is -0.0537. The van der Waals surface area contributed by atoms with Gasteiger partial charge in [0, 0.05) is 17.3 Å². The normalized spacial score (nSPS) is 17.7. The molecule has 0 radical (unpaired) electrons. The van der Waals surface area contributed by atoms with Gasteiger partial charge in [0.15, 0.2) is 5.82 Å². The second-order valence-corrected chi connectivity index (χ2v) is 6.57. The molecule has 0 spiro atoms. The first-order valence-electron chi connectivity index (χ1n) is 7.29. The van der Waals surface area contributed by atoms with Crippen molar-refractivity contribution in [3.05, 3.63) is 36.0 Å². The highest BCUT2D eigenvalue weighted by molar-refractivity contribution is 5.67. The van der Waals surface area contributed by atoms with Crippen molar-refractivity contribution in [1.29, 1.82) is 0 Å². The molecule has 5 heteroatoms. The third-order valence-corrected chi connectivity index (χ3v) is 3.47. The minimum absolute atomic E-state index is 0.0537. The van der Waals surface area contributed by atoms with Gasteiger partial charge in [0.05, 0.1) is 6.20 Å². The van der Waals surface area contributed by atoms with Gasteiger partial charge in [-0.05, 0) is 45.7 Å². The fraction of sp³-hybridized carbons (Fsp3) is 0.438. The van der Waals surface area contributed by atoms with Gasteiger partial charge in [0.25, 0.3) is 5.95 Å². The quantitative estimate of drug-likeness (QED) is 0.917. The Hall–Kier alpha value is -2.17. The SMILES string of the molecule is CC1Cc2ccccc2N1c1nncc(NC(C)(C)C)n1. The summed E-state index contributed by atoms with van der Waals surface area (Å²) in [5.41, 5.74) is 2.46. The van der Waals surface area contributed by atoms with Crippen LogP contribution in [0.1, 0.15) is 33.3 Å².